The zero-order chi connectivity index (χ0) is 8.27. The first-order valence-electron chi connectivity index (χ1n) is 3.45. The predicted molar refractivity (Wildman–Crippen MR) is 43.6 cm³/mol. The van der Waals surface area contributed by atoms with Gasteiger partial charge < -0.3 is 28.4 Å². The molecule has 1 aromatic rings. The van der Waals surface area contributed by atoms with E-state index in [1.165, 1.54) is 12.1 Å². The second-order valence-electron chi connectivity index (χ2n) is 2.36. The van der Waals surface area contributed by atoms with Crippen molar-refractivity contribution in [3.8, 4) is 11.5 Å². The summed E-state index contributed by atoms with van der Waals surface area (Å²) in [6, 6.07) is 4.71. The number of phenols is 2. The van der Waals surface area contributed by atoms with E-state index in [0.717, 1.165) is 5.56 Å². The second kappa shape index (κ2) is 7.24. The van der Waals surface area contributed by atoms with Gasteiger partial charge in [-0.3, -0.25) is 0 Å². The standard InChI is InChI=1S/C8H11NO2.Au.ClH/c9-4-3-6-1-2-7(10)8(11)5-6;;/h1-2,5,10-11H,3-4,9H2;;1H. The molecule has 1 rings (SSSR count). The fourth-order valence-electron chi connectivity index (χ4n) is 0.891. The predicted octanol–water partition coefficient (Wildman–Crippen LogP) is -2.29. The summed E-state index contributed by atoms with van der Waals surface area (Å²) < 4.78 is 0. The number of hydrogen-bond acceptors (Lipinski definition) is 3. The molecular weight excluding hydrogens is 375 g/mol. The van der Waals surface area contributed by atoms with Crippen LogP contribution in [0.1, 0.15) is 6.99 Å². The van der Waals surface area contributed by atoms with Crippen molar-refractivity contribution in [1.29, 1.82) is 0 Å². The van der Waals surface area contributed by atoms with Crippen molar-refractivity contribution in [3.05, 3.63) is 23.8 Å². The van der Waals surface area contributed by atoms with Crippen LogP contribution in [-0.2, 0) is 28.8 Å². The Morgan fingerprint density at radius 3 is 2.31 bits per heavy atom. The van der Waals surface area contributed by atoms with Gasteiger partial charge in [-0.25, -0.2) is 0 Å². The van der Waals surface area contributed by atoms with Crippen molar-refractivity contribution in [2.75, 3.05) is 6.54 Å². The molecule has 79 valence electrons. The molecule has 1 aromatic carbocycles. The summed E-state index contributed by atoms with van der Waals surface area (Å²) in [7, 11) is 0. The van der Waals surface area contributed by atoms with Gasteiger partial charge in [0.05, 0.1) is 0 Å². The van der Waals surface area contributed by atoms with Gasteiger partial charge in [-0.2, -0.15) is 0 Å². The number of aromatic hydroxyl groups is 2. The van der Waals surface area contributed by atoms with Gasteiger partial charge in [-0.15, -0.1) is 0 Å². The Labute approximate surface area is 100 Å². The van der Waals surface area contributed by atoms with Crippen LogP contribution >= 0.6 is 0 Å². The molecule has 13 heavy (non-hydrogen) atoms. The minimum Gasteiger partial charge on any atom is -1.00 e. The van der Waals surface area contributed by atoms with Gasteiger partial charge in [0, 0.05) is 22.4 Å². The number of nitrogens with two attached hydrogens (primary N) is 1. The van der Waals surface area contributed by atoms with Gasteiger partial charge in [0.2, 0.25) is 0 Å². The number of halogens is 1. The molecule has 0 unspecified atom stereocenters. The molecule has 4 N–H and O–H groups in total. The van der Waals surface area contributed by atoms with E-state index in [1.54, 1.807) is 6.07 Å². The van der Waals surface area contributed by atoms with Gasteiger partial charge in [0.1, 0.15) is 0 Å². The van der Waals surface area contributed by atoms with Crippen LogP contribution < -0.4 is 18.1 Å². The van der Waals surface area contributed by atoms with E-state index < -0.39 is 0 Å². The third kappa shape index (κ3) is 4.55. The van der Waals surface area contributed by atoms with E-state index >= 15 is 0 Å². The van der Waals surface area contributed by atoms with Crippen LogP contribution in [0.25, 0.3) is 0 Å². The quantitative estimate of drug-likeness (QED) is 0.396. The molecule has 1 radical (unpaired) electrons. The zero-order valence-corrected chi connectivity index (χ0v) is 9.72. The molecule has 0 spiro atoms. The molecule has 0 heterocycles. The normalized spacial score (nSPS) is 8.38. The molecular formula is C8H12AuClNO2. The van der Waals surface area contributed by atoms with E-state index in [2.05, 4.69) is 0 Å². The molecule has 0 amide bonds. The van der Waals surface area contributed by atoms with Crippen LogP contribution in [-0.4, -0.2) is 16.8 Å². The number of hydrogen-bond donors (Lipinski definition) is 3. The first kappa shape index (κ1) is 15.3. The Morgan fingerprint density at radius 2 is 1.85 bits per heavy atom. The molecule has 0 aromatic heterocycles. The molecule has 0 aliphatic rings. The van der Waals surface area contributed by atoms with Crippen LogP contribution in [0.5, 0.6) is 11.5 Å². The minimum absolute atomic E-state index is 0. The molecule has 5 heteroatoms. The zero-order valence-electron chi connectivity index (χ0n) is 7.80. The van der Waals surface area contributed by atoms with E-state index in [4.69, 9.17) is 15.9 Å². The van der Waals surface area contributed by atoms with Crippen molar-refractivity contribution in [1.82, 2.24) is 0 Å². The molecule has 0 aliphatic heterocycles. The largest absolute Gasteiger partial charge is 1.00 e. The van der Waals surface area contributed by atoms with Gasteiger partial charge in [0.25, 0.3) is 0 Å². The monoisotopic (exact) mass is 386 g/mol. The van der Waals surface area contributed by atoms with Crippen molar-refractivity contribution in [2.45, 2.75) is 6.42 Å². The molecule has 0 saturated carbocycles. The summed E-state index contributed by atoms with van der Waals surface area (Å²) in [6.45, 7) is 0.546. The van der Waals surface area contributed by atoms with Crippen molar-refractivity contribution >= 4 is 0 Å². The summed E-state index contributed by atoms with van der Waals surface area (Å²) in [4.78, 5) is 0. The van der Waals surface area contributed by atoms with Crippen LogP contribution in [0.4, 0.5) is 0 Å². The van der Waals surface area contributed by atoms with Crippen LogP contribution in [0.2, 0.25) is 0 Å². The van der Waals surface area contributed by atoms with Gasteiger partial charge in [-0.05, 0) is 30.7 Å². The van der Waals surface area contributed by atoms with Crippen LogP contribution in [0.3, 0.4) is 0 Å². The molecule has 0 fully saturated rings. The van der Waals surface area contributed by atoms with E-state index in [1.807, 2.05) is 0 Å². The van der Waals surface area contributed by atoms with Gasteiger partial charge >= 0.3 is 1.43 Å². The summed E-state index contributed by atoms with van der Waals surface area (Å²) in [5.74, 6) is -0.179. The number of benzene rings is 1. The second-order valence-corrected chi connectivity index (χ2v) is 2.36. The molecule has 0 saturated heterocycles. The third-order valence-electron chi connectivity index (χ3n) is 1.47. The van der Waals surface area contributed by atoms with E-state index in [-0.39, 0.29) is 47.7 Å². The summed E-state index contributed by atoms with van der Waals surface area (Å²) in [5, 5.41) is 18.0. The first-order chi connectivity index (χ1) is 5.24. The summed E-state index contributed by atoms with van der Waals surface area (Å²) >= 11 is 0. The molecule has 0 bridgehead atoms. The molecule has 0 atom stereocenters. The summed E-state index contributed by atoms with van der Waals surface area (Å²) in [6.07, 6.45) is 0.716. The number of phenolic OH excluding ortho intramolecular Hbond substituents is 2. The summed E-state index contributed by atoms with van der Waals surface area (Å²) in [5.41, 5.74) is 6.24. The van der Waals surface area contributed by atoms with Gasteiger partial charge in [-0.1, -0.05) is 6.07 Å². The average molecular weight is 387 g/mol. The topological polar surface area (TPSA) is 66.5 Å². The Bertz CT molecular complexity index is 263. The third-order valence-corrected chi connectivity index (χ3v) is 1.47. The van der Waals surface area contributed by atoms with Crippen molar-refractivity contribution in [3.63, 3.8) is 0 Å². The van der Waals surface area contributed by atoms with Crippen LogP contribution in [0, 0.1) is 0 Å². The maximum Gasteiger partial charge on any atom is 1.00 e. The Kier molecular flexibility index (Phi) is 8.51. The first-order valence-corrected chi connectivity index (χ1v) is 3.45. The average Bonchev–Trinajstić information content (AvgIpc) is 1.98. The number of rotatable bonds is 2. The fraction of sp³-hybridized carbons (Fsp3) is 0.250. The minimum atomic E-state index is -0.0919. The Morgan fingerprint density at radius 1 is 1.23 bits per heavy atom. The Hall–Kier alpha value is -0.190. The van der Waals surface area contributed by atoms with E-state index in [0.29, 0.717) is 13.0 Å². The van der Waals surface area contributed by atoms with Crippen molar-refractivity contribution < 1.29 is 46.4 Å². The smallest absolute Gasteiger partial charge is 1.00 e. The molecule has 3 nitrogen and oxygen atoms in total. The van der Waals surface area contributed by atoms with Crippen molar-refractivity contribution in [2.24, 2.45) is 5.73 Å². The van der Waals surface area contributed by atoms with E-state index in [9.17, 15) is 0 Å². The SMILES string of the molecule is NCCc1ccc(O)c(O)c1.[Au].[Cl-].[H+]. The van der Waals surface area contributed by atoms with Gasteiger partial charge in [0.15, 0.2) is 11.5 Å². The maximum atomic E-state index is 9.04. The Balaban J connectivity index is -0.000000403. The van der Waals surface area contributed by atoms with Crippen LogP contribution in [0.15, 0.2) is 18.2 Å². The maximum absolute atomic E-state index is 9.04. The fourth-order valence-corrected chi connectivity index (χ4v) is 0.891. The molecule has 0 aliphatic carbocycles.